The second kappa shape index (κ2) is 3.90. The van der Waals surface area contributed by atoms with Gasteiger partial charge in [0.1, 0.15) is 11.3 Å². The van der Waals surface area contributed by atoms with Crippen molar-refractivity contribution in [2.75, 3.05) is 12.3 Å². The largest absolute Gasteiger partial charge is 0.492 e. The van der Waals surface area contributed by atoms with E-state index in [0.29, 0.717) is 18.0 Å². The Bertz CT molecular complexity index is 584. The van der Waals surface area contributed by atoms with Gasteiger partial charge in [0, 0.05) is 6.54 Å². The molecule has 1 fully saturated rings. The van der Waals surface area contributed by atoms with Gasteiger partial charge in [0.15, 0.2) is 0 Å². The zero-order valence-corrected chi connectivity index (χ0v) is 10.9. The van der Waals surface area contributed by atoms with Crippen LogP contribution in [0.2, 0.25) is 0 Å². The Labute approximate surface area is 107 Å². The van der Waals surface area contributed by atoms with Crippen LogP contribution in [0.1, 0.15) is 26.7 Å². The van der Waals surface area contributed by atoms with E-state index in [2.05, 4.69) is 22.5 Å². The molecule has 0 saturated heterocycles. The van der Waals surface area contributed by atoms with Crippen molar-refractivity contribution in [2.45, 2.75) is 33.2 Å². The average molecular weight is 245 g/mol. The van der Waals surface area contributed by atoms with Gasteiger partial charge < -0.3 is 15.0 Å². The third kappa shape index (κ3) is 1.82. The molecule has 0 bridgehead atoms. The van der Waals surface area contributed by atoms with E-state index in [9.17, 15) is 0 Å². The Morgan fingerprint density at radius 2 is 2.22 bits per heavy atom. The minimum atomic E-state index is 0.406. The fourth-order valence-electron chi connectivity index (χ4n) is 2.33. The first kappa shape index (κ1) is 11.4. The quantitative estimate of drug-likeness (QED) is 0.901. The van der Waals surface area contributed by atoms with E-state index < -0.39 is 0 Å². The summed E-state index contributed by atoms with van der Waals surface area (Å²) in [6.07, 6.45) is 2.55. The molecule has 96 valence electrons. The number of hydrogen-bond donors (Lipinski definition) is 1. The van der Waals surface area contributed by atoms with Crippen LogP contribution < -0.4 is 10.5 Å². The molecule has 1 aliphatic rings. The SMILES string of the molecule is CCOc1cccc2c1nc(N)n2CC1(C)CC1. The molecular weight excluding hydrogens is 226 g/mol. The van der Waals surface area contributed by atoms with Gasteiger partial charge in [-0.25, -0.2) is 4.98 Å². The minimum absolute atomic E-state index is 0.406. The van der Waals surface area contributed by atoms with Crippen molar-refractivity contribution in [1.29, 1.82) is 0 Å². The molecule has 0 spiro atoms. The van der Waals surface area contributed by atoms with Crippen LogP contribution in [-0.4, -0.2) is 16.2 Å². The highest BCUT2D eigenvalue weighted by Gasteiger charge is 2.38. The fourth-order valence-corrected chi connectivity index (χ4v) is 2.33. The Morgan fingerprint density at radius 1 is 1.44 bits per heavy atom. The molecule has 0 atom stereocenters. The van der Waals surface area contributed by atoms with Gasteiger partial charge in [-0.2, -0.15) is 0 Å². The van der Waals surface area contributed by atoms with Gasteiger partial charge in [-0.05, 0) is 37.3 Å². The Balaban J connectivity index is 2.08. The van der Waals surface area contributed by atoms with Gasteiger partial charge in [-0.15, -0.1) is 0 Å². The summed E-state index contributed by atoms with van der Waals surface area (Å²) in [5, 5.41) is 0. The summed E-state index contributed by atoms with van der Waals surface area (Å²) in [6.45, 7) is 5.86. The second-order valence-corrected chi connectivity index (χ2v) is 5.42. The van der Waals surface area contributed by atoms with Gasteiger partial charge in [-0.1, -0.05) is 13.0 Å². The van der Waals surface area contributed by atoms with E-state index in [1.165, 1.54) is 12.8 Å². The molecular formula is C14H19N3O. The fraction of sp³-hybridized carbons (Fsp3) is 0.500. The van der Waals surface area contributed by atoms with Crippen molar-refractivity contribution < 1.29 is 4.74 Å². The minimum Gasteiger partial charge on any atom is -0.492 e. The summed E-state index contributed by atoms with van der Waals surface area (Å²) >= 11 is 0. The normalized spacial score (nSPS) is 17.0. The lowest BCUT2D eigenvalue weighted by Gasteiger charge is -2.12. The van der Waals surface area contributed by atoms with Crippen LogP contribution in [0.3, 0.4) is 0 Å². The molecule has 4 heteroatoms. The molecule has 0 amide bonds. The molecule has 18 heavy (non-hydrogen) atoms. The monoisotopic (exact) mass is 245 g/mol. The number of nitrogens with zero attached hydrogens (tertiary/aromatic N) is 2. The van der Waals surface area contributed by atoms with Crippen molar-refractivity contribution in [2.24, 2.45) is 5.41 Å². The number of rotatable bonds is 4. The molecule has 1 aromatic carbocycles. The third-order valence-corrected chi connectivity index (χ3v) is 3.71. The van der Waals surface area contributed by atoms with Crippen LogP contribution in [0.15, 0.2) is 18.2 Å². The van der Waals surface area contributed by atoms with Gasteiger partial charge in [0.05, 0.1) is 12.1 Å². The first-order valence-corrected chi connectivity index (χ1v) is 6.50. The maximum absolute atomic E-state index is 6.05. The topological polar surface area (TPSA) is 53.1 Å². The number of aromatic nitrogens is 2. The van der Waals surface area contributed by atoms with Crippen LogP contribution in [0.25, 0.3) is 11.0 Å². The maximum Gasteiger partial charge on any atom is 0.201 e. The van der Waals surface area contributed by atoms with Gasteiger partial charge in [-0.3, -0.25) is 0 Å². The Morgan fingerprint density at radius 3 is 2.89 bits per heavy atom. The standard InChI is InChI=1S/C14H19N3O/c1-3-18-11-6-4-5-10-12(11)16-13(15)17(10)9-14(2)7-8-14/h4-6H,3,7-9H2,1-2H3,(H2,15,16). The number of ether oxygens (including phenoxy) is 1. The number of para-hydroxylation sites is 1. The number of hydrogen-bond acceptors (Lipinski definition) is 3. The van der Waals surface area contributed by atoms with Crippen LogP contribution in [0, 0.1) is 5.41 Å². The van der Waals surface area contributed by atoms with Crippen LogP contribution in [0.5, 0.6) is 5.75 Å². The van der Waals surface area contributed by atoms with Gasteiger partial charge in [0.2, 0.25) is 5.95 Å². The predicted molar refractivity (Wildman–Crippen MR) is 72.7 cm³/mol. The molecule has 3 rings (SSSR count). The first-order valence-electron chi connectivity index (χ1n) is 6.50. The summed E-state index contributed by atoms with van der Waals surface area (Å²) in [5.74, 6) is 1.41. The van der Waals surface area contributed by atoms with Gasteiger partial charge >= 0.3 is 0 Å². The lowest BCUT2D eigenvalue weighted by Crippen LogP contribution is -2.10. The lowest BCUT2D eigenvalue weighted by atomic mass is 10.1. The molecule has 2 N–H and O–H groups in total. The van der Waals surface area contributed by atoms with E-state index in [0.717, 1.165) is 23.3 Å². The molecule has 0 unspecified atom stereocenters. The Hall–Kier alpha value is -1.71. The maximum atomic E-state index is 6.05. The van der Waals surface area contributed by atoms with E-state index in [1.54, 1.807) is 0 Å². The van der Waals surface area contributed by atoms with E-state index >= 15 is 0 Å². The van der Waals surface area contributed by atoms with Crippen LogP contribution in [-0.2, 0) is 6.54 Å². The predicted octanol–water partition coefficient (Wildman–Crippen LogP) is 2.82. The molecule has 1 saturated carbocycles. The molecule has 2 aromatic rings. The number of imidazole rings is 1. The van der Waals surface area contributed by atoms with Crippen molar-refractivity contribution in [3.8, 4) is 5.75 Å². The molecule has 1 aliphatic carbocycles. The molecule has 0 radical (unpaired) electrons. The van der Waals surface area contributed by atoms with E-state index in [4.69, 9.17) is 10.5 Å². The Kier molecular flexibility index (Phi) is 2.47. The number of nitrogen functional groups attached to an aromatic ring is 1. The van der Waals surface area contributed by atoms with Crippen LogP contribution in [0.4, 0.5) is 5.95 Å². The number of benzene rings is 1. The highest BCUT2D eigenvalue weighted by molar-refractivity contribution is 5.84. The summed E-state index contributed by atoms with van der Waals surface area (Å²) in [6, 6.07) is 6.01. The molecule has 4 nitrogen and oxygen atoms in total. The average Bonchev–Trinajstić information content (AvgIpc) is 2.98. The number of fused-ring (bicyclic) bond motifs is 1. The highest BCUT2D eigenvalue weighted by Crippen LogP contribution is 2.47. The second-order valence-electron chi connectivity index (χ2n) is 5.42. The van der Waals surface area contributed by atoms with Crippen molar-refractivity contribution in [1.82, 2.24) is 9.55 Å². The van der Waals surface area contributed by atoms with E-state index in [1.807, 2.05) is 19.1 Å². The zero-order valence-electron chi connectivity index (χ0n) is 10.9. The summed E-state index contributed by atoms with van der Waals surface area (Å²) in [5.41, 5.74) is 8.41. The summed E-state index contributed by atoms with van der Waals surface area (Å²) < 4.78 is 7.72. The lowest BCUT2D eigenvalue weighted by molar-refractivity contribution is 0.343. The highest BCUT2D eigenvalue weighted by atomic mass is 16.5. The molecule has 0 aliphatic heterocycles. The third-order valence-electron chi connectivity index (χ3n) is 3.71. The number of nitrogens with two attached hydrogens (primary N) is 1. The first-order chi connectivity index (χ1) is 8.63. The van der Waals surface area contributed by atoms with Crippen molar-refractivity contribution in [3.63, 3.8) is 0 Å². The van der Waals surface area contributed by atoms with Crippen molar-refractivity contribution in [3.05, 3.63) is 18.2 Å². The molecule has 1 aromatic heterocycles. The molecule has 1 heterocycles. The van der Waals surface area contributed by atoms with Gasteiger partial charge in [0.25, 0.3) is 0 Å². The van der Waals surface area contributed by atoms with E-state index in [-0.39, 0.29) is 0 Å². The number of anilines is 1. The van der Waals surface area contributed by atoms with Crippen molar-refractivity contribution >= 4 is 17.0 Å². The summed E-state index contributed by atoms with van der Waals surface area (Å²) in [4.78, 5) is 4.46. The smallest absolute Gasteiger partial charge is 0.201 e. The zero-order chi connectivity index (χ0) is 12.8. The van der Waals surface area contributed by atoms with Crippen LogP contribution >= 0.6 is 0 Å². The summed E-state index contributed by atoms with van der Waals surface area (Å²) in [7, 11) is 0.